The molecule has 6 aliphatic carbocycles. The molecule has 2 bridgehead atoms. The van der Waals surface area contributed by atoms with Crippen LogP contribution < -0.4 is 5.84 Å². The fourth-order valence-corrected chi connectivity index (χ4v) is 14.2. The molecule has 6 saturated carbocycles. The third kappa shape index (κ3) is 7.18. The number of nitrogens with zero attached hydrogens (tertiary/aromatic N) is 1. The largest absolute Gasteiger partial charge is 0.482 e. The molecular weight excluding hydrogens is 736 g/mol. The van der Waals surface area contributed by atoms with Crippen molar-refractivity contribution in [3.8, 4) is 0 Å². The number of aldehydes is 1. The number of fused-ring (bicyclic) bond motifs is 2. The normalized spacial score (nSPS) is 37.6. The molecule has 10 atom stereocenters. The number of carbonyl (C=O) groups excluding carboxylic acids is 2. The van der Waals surface area contributed by atoms with E-state index in [-0.39, 0.29) is 40.1 Å². The van der Waals surface area contributed by atoms with Gasteiger partial charge < -0.3 is 25.2 Å². The Hall–Kier alpha value is -2.87. The highest BCUT2D eigenvalue weighted by Gasteiger charge is 2.86. The van der Waals surface area contributed by atoms with Crippen molar-refractivity contribution >= 4 is 35.7 Å². The average Bonchev–Trinajstić information content (AvgIpc) is 3.14. The predicted molar refractivity (Wildman–Crippen MR) is 231 cm³/mol. The number of benzene rings is 1. The molecule has 6 aliphatic rings. The third-order valence-corrected chi connectivity index (χ3v) is 17.2. The second kappa shape index (κ2) is 17.4. The topological polar surface area (TPSA) is 128 Å². The van der Waals surface area contributed by atoms with Crippen molar-refractivity contribution in [1.82, 2.24) is 0 Å². The van der Waals surface area contributed by atoms with Gasteiger partial charge in [-0.25, -0.2) is 0 Å². The molecule has 6 fully saturated rings. The number of carbonyl (C=O) groups is 3. The average molecular weight is 812 g/mol. The number of halogens is 1. The zero-order valence-electron chi connectivity index (χ0n) is 37.5. The summed E-state index contributed by atoms with van der Waals surface area (Å²) < 4.78 is 12.0. The van der Waals surface area contributed by atoms with Gasteiger partial charge >= 0.3 is 11.9 Å². The maximum Gasteiger partial charge on any atom is 0.309 e. The number of aliphatic carboxylic acids is 1. The van der Waals surface area contributed by atoms with E-state index >= 15 is 0 Å². The lowest BCUT2D eigenvalue weighted by molar-refractivity contribution is -0.404. The van der Waals surface area contributed by atoms with Gasteiger partial charge in [-0.2, -0.15) is 0 Å². The first kappa shape index (κ1) is 46.8. The molecular formula is C48H75ClN2O6. The maximum absolute atomic E-state index is 13.0. The number of carboxylic acids is 1. The van der Waals surface area contributed by atoms with Crippen LogP contribution in [0.2, 0.25) is 5.02 Å². The number of rotatable bonds is 8. The maximum atomic E-state index is 13.0. The van der Waals surface area contributed by atoms with Crippen LogP contribution in [-0.4, -0.2) is 42.4 Å². The van der Waals surface area contributed by atoms with E-state index in [0.29, 0.717) is 36.0 Å². The first-order valence-corrected chi connectivity index (χ1v) is 22.1. The van der Waals surface area contributed by atoms with Crippen molar-refractivity contribution in [3.63, 3.8) is 0 Å². The third-order valence-electron chi connectivity index (χ3n) is 16.7. The molecule has 3 N–H and O–H groups in total. The Labute approximate surface area is 349 Å². The molecule has 10 unspecified atom stereocenters. The van der Waals surface area contributed by atoms with Crippen molar-refractivity contribution in [1.29, 1.82) is 0 Å². The van der Waals surface area contributed by atoms with Crippen molar-refractivity contribution in [3.05, 3.63) is 46.0 Å². The number of nitrogens with two attached hydrogens (primary N) is 1. The Kier molecular flexibility index (Phi) is 14.3. The minimum atomic E-state index is -1.14. The number of ether oxygens (including phenoxy) is 2. The van der Waals surface area contributed by atoms with Crippen molar-refractivity contribution < 1.29 is 29.0 Å². The van der Waals surface area contributed by atoms with Crippen molar-refractivity contribution in [2.24, 2.45) is 73.0 Å². The van der Waals surface area contributed by atoms with Gasteiger partial charge in [0.25, 0.3) is 0 Å². The van der Waals surface area contributed by atoms with Gasteiger partial charge in [0.15, 0.2) is 0 Å². The number of hydrogen-bond donors (Lipinski definition) is 2. The number of hydrazone groups is 1. The molecule has 1 aromatic carbocycles. The van der Waals surface area contributed by atoms with E-state index in [0.717, 1.165) is 68.2 Å². The molecule has 2 spiro atoms. The summed E-state index contributed by atoms with van der Waals surface area (Å²) in [7, 11) is 1.63. The van der Waals surface area contributed by atoms with Crippen LogP contribution in [0.15, 0.2) is 40.5 Å². The van der Waals surface area contributed by atoms with Gasteiger partial charge in [0.05, 0.1) is 24.4 Å². The van der Waals surface area contributed by atoms with Gasteiger partial charge in [0.2, 0.25) is 5.90 Å². The van der Waals surface area contributed by atoms with E-state index in [1.807, 2.05) is 31.2 Å². The lowest BCUT2D eigenvalue weighted by atomic mass is 9.15. The van der Waals surface area contributed by atoms with Crippen LogP contribution in [0.1, 0.15) is 152 Å². The minimum absolute atomic E-state index is 0.114. The van der Waals surface area contributed by atoms with E-state index in [1.165, 1.54) is 17.6 Å². The van der Waals surface area contributed by atoms with Crippen LogP contribution in [0.3, 0.4) is 0 Å². The van der Waals surface area contributed by atoms with E-state index < -0.39 is 22.8 Å². The fraction of sp³-hybridized carbons (Fsp3) is 0.750. The van der Waals surface area contributed by atoms with Gasteiger partial charge in [-0.05, 0) is 142 Å². The number of methoxy groups -OCH3 is 1. The van der Waals surface area contributed by atoms with Crippen LogP contribution in [0, 0.1) is 69.0 Å². The van der Waals surface area contributed by atoms with E-state index in [2.05, 4.69) is 67.4 Å². The van der Waals surface area contributed by atoms with Crippen molar-refractivity contribution in [2.45, 2.75) is 160 Å². The lowest BCUT2D eigenvalue weighted by Gasteiger charge is -2.89. The second-order valence-electron chi connectivity index (χ2n) is 19.8. The van der Waals surface area contributed by atoms with Gasteiger partial charge in [0.1, 0.15) is 12.4 Å². The number of aryl methyl sites for hydroxylation is 1. The van der Waals surface area contributed by atoms with Gasteiger partial charge in [-0.3, -0.25) is 9.59 Å². The highest BCUT2D eigenvalue weighted by atomic mass is 35.5. The molecule has 7 rings (SSSR count). The highest BCUT2D eigenvalue weighted by Crippen LogP contribution is 2.92. The molecule has 0 amide bonds. The Morgan fingerprint density at radius 2 is 1.68 bits per heavy atom. The minimum Gasteiger partial charge on any atom is -0.482 e. The second-order valence-corrected chi connectivity index (χ2v) is 20.2. The number of allylic oxidation sites excluding steroid dienone is 1. The molecule has 9 heteroatoms. The zero-order valence-corrected chi connectivity index (χ0v) is 38.3. The molecule has 0 radical (unpaired) electrons. The molecule has 0 aromatic heterocycles. The van der Waals surface area contributed by atoms with Gasteiger partial charge in [-0.1, -0.05) is 103 Å². The summed E-state index contributed by atoms with van der Waals surface area (Å²) in [6, 6.07) is 7.77. The smallest absolute Gasteiger partial charge is 0.309 e. The summed E-state index contributed by atoms with van der Waals surface area (Å²) in [6.07, 6.45) is 10.5. The lowest BCUT2D eigenvalue weighted by Crippen LogP contribution is -2.84. The molecule has 320 valence electrons. The number of esters is 1. The Morgan fingerprint density at radius 3 is 2.19 bits per heavy atom. The van der Waals surface area contributed by atoms with E-state index in [4.69, 9.17) is 26.9 Å². The fourth-order valence-electron chi connectivity index (χ4n) is 14.0. The van der Waals surface area contributed by atoms with Crippen LogP contribution in [0.25, 0.3) is 0 Å². The molecule has 0 heterocycles. The summed E-state index contributed by atoms with van der Waals surface area (Å²) in [4.78, 5) is 37.0. The van der Waals surface area contributed by atoms with Gasteiger partial charge in [0, 0.05) is 11.4 Å². The molecule has 1 aromatic rings. The van der Waals surface area contributed by atoms with Crippen LogP contribution in [0.5, 0.6) is 0 Å². The molecule has 8 nitrogen and oxygen atoms in total. The van der Waals surface area contributed by atoms with Crippen LogP contribution in [-0.2, 0) is 23.9 Å². The first-order chi connectivity index (χ1) is 26.6. The van der Waals surface area contributed by atoms with Crippen LogP contribution >= 0.6 is 11.6 Å². The summed E-state index contributed by atoms with van der Waals surface area (Å²) in [5, 5.41) is 14.6. The molecule has 57 heavy (non-hydrogen) atoms. The molecule has 0 saturated heterocycles. The van der Waals surface area contributed by atoms with Gasteiger partial charge in [-0.15, -0.1) is 5.10 Å². The van der Waals surface area contributed by atoms with Crippen LogP contribution in [0.4, 0.5) is 0 Å². The quantitative estimate of drug-likeness (QED) is 0.0509. The van der Waals surface area contributed by atoms with E-state index in [9.17, 15) is 19.5 Å². The zero-order chi connectivity index (χ0) is 42.9. The Bertz CT molecular complexity index is 1680. The SMILES string of the molecule is CCC.CO/C(=N\N)C1(CC=O)CCC23C(CCC4(C2C)C2(C)CCC(OC(=O)CC(C)(C)C(=O)O)C(C)C2CCC34C)/C1=C(/C)C(C)C.Cc1ccccc1Cl. The highest BCUT2D eigenvalue weighted by molar-refractivity contribution is 6.31. The summed E-state index contributed by atoms with van der Waals surface area (Å²) >= 11 is 5.71. The molecule has 0 aliphatic heterocycles. The summed E-state index contributed by atoms with van der Waals surface area (Å²) in [6.45, 7) is 26.1. The Balaban J connectivity index is 0.000000569. The standard InChI is InChI=1S/C38H60N2O6.C7H7Cl.C3H8/c1-22(2)23(3)30-27-12-16-38-25(5)37(27,18-17-36(30,19-20-41)31(40-39)45-10)35(38,9)15-11-26-24(4)28(13-14-34(26,38)8)46-29(42)21-33(6,7)32(43)44;1-6-4-2-3-5-7(6)8;1-3-2/h20,22,24-28H,11-19,21,39H2,1-10H3,(H,43,44);2-5H,1H3;3H2,1-2H3/b30-23+,40-31-;;. The van der Waals surface area contributed by atoms with E-state index in [1.54, 1.807) is 21.0 Å². The monoisotopic (exact) mass is 811 g/mol. The first-order valence-electron chi connectivity index (χ1n) is 21.8. The number of carboxylic acid groups (broad SMARTS) is 1. The predicted octanol–water partition coefficient (Wildman–Crippen LogP) is 11.6. The van der Waals surface area contributed by atoms with Crippen molar-refractivity contribution in [2.75, 3.05) is 7.11 Å². The summed E-state index contributed by atoms with van der Waals surface area (Å²) in [5.41, 5.74) is 2.67. The summed E-state index contributed by atoms with van der Waals surface area (Å²) in [5.74, 6) is 6.92. The number of hydrogen-bond acceptors (Lipinski definition) is 7. The Morgan fingerprint density at radius 1 is 1.05 bits per heavy atom.